The molecule has 0 spiro atoms. The first-order valence-corrected chi connectivity index (χ1v) is 6.54. The van der Waals surface area contributed by atoms with Crippen molar-refractivity contribution in [3.8, 4) is 5.88 Å². The Hall–Kier alpha value is -3.08. The van der Waals surface area contributed by atoms with Gasteiger partial charge in [-0.15, -0.1) is 0 Å². The Morgan fingerprint density at radius 3 is 3.00 bits per heavy atom. The molecule has 5 heteroatoms. The molecule has 1 aliphatic heterocycles. The van der Waals surface area contributed by atoms with Crippen molar-refractivity contribution in [3.63, 3.8) is 0 Å². The Morgan fingerprint density at radius 1 is 1.19 bits per heavy atom. The number of rotatable bonds is 1. The molecule has 0 unspecified atom stereocenters. The summed E-state index contributed by atoms with van der Waals surface area (Å²) in [5.74, 6) is 0.108. The maximum absolute atomic E-state index is 10.1. The maximum atomic E-state index is 10.1. The molecule has 1 aliphatic rings. The topological polar surface area (TPSA) is 86.8 Å². The summed E-state index contributed by atoms with van der Waals surface area (Å²) in [5.41, 5.74) is 8.83. The number of aromatic amines is 1. The molecule has 0 bridgehead atoms. The predicted octanol–water partition coefficient (Wildman–Crippen LogP) is 2.12. The zero-order valence-corrected chi connectivity index (χ0v) is 11.0. The molecule has 0 radical (unpaired) electrons. The highest BCUT2D eigenvalue weighted by atomic mass is 16.3. The van der Waals surface area contributed by atoms with Crippen molar-refractivity contribution < 1.29 is 5.11 Å². The molecular formula is C16H12N4O. The van der Waals surface area contributed by atoms with Gasteiger partial charge in [0.2, 0.25) is 0 Å². The maximum Gasteiger partial charge on any atom is 0.196 e. The molecular weight excluding hydrogens is 264 g/mol. The number of nitrogens with two attached hydrogens (primary N) is 1. The van der Waals surface area contributed by atoms with Crippen LogP contribution in [0, 0.1) is 0 Å². The first kappa shape index (κ1) is 11.7. The number of aromatic nitrogens is 1. The lowest BCUT2D eigenvalue weighted by atomic mass is 10.1. The van der Waals surface area contributed by atoms with E-state index in [1.807, 2.05) is 36.4 Å². The molecule has 0 atom stereocenters. The average molecular weight is 276 g/mol. The van der Waals surface area contributed by atoms with Crippen molar-refractivity contribution in [2.45, 2.75) is 0 Å². The number of nitrogens with one attached hydrogen (secondary N) is 1. The first-order chi connectivity index (χ1) is 10.2. The zero-order chi connectivity index (χ0) is 14.4. The molecule has 2 aromatic carbocycles. The van der Waals surface area contributed by atoms with Gasteiger partial charge in [0.05, 0.1) is 23.1 Å². The predicted molar refractivity (Wildman–Crippen MR) is 82.6 cm³/mol. The van der Waals surface area contributed by atoms with Crippen molar-refractivity contribution in [1.82, 2.24) is 4.98 Å². The molecule has 4 rings (SSSR count). The van der Waals surface area contributed by atoms with Crippen LogP contribution in [-0.4, -0.2) is 10.1 Å². The van der Waals surface area contributed by atoms with Crippen LogP contribution in [0.5, 0.6) is 5.88 Å². The van der Waals surface area contributed by atoms with Gasteiger partial charge < -0.3 is 15.8 Å². The monoisotopic (exact) mass is 276 g/mol. The average Bonchev–Trinajstić information content (AvgIpc) is 3.05. The third kappa shape index (κ3) is 1.79. The second-order valence-electron chi connectivity index (χ2n) is 4.96. The fraction of sp³-hybridized carbons (Fsp3) is 0. The van der Waals surface area contributed by atoms with E-state index in [1.165, 1.54) is 0 Å². The highest BCUT2D eigenvalue weighted by Gasteiger charge is 2.10. The van der Waals surface area contributed by atoms with Crippen LogP contribution in [0.2, 0.25) is 0 Å². The summed E-state index contributed by atoms with van der Waals surface area (Å²) in [5, 5.41) is 20.9. The van der Waals surface area contributed by atoms with E-state index in [0.29, 0.717) is 5.69 Å². The molecule has 0 aliphatic carbocycles. The van der Waals surface area contributed by atoms with Crippen molar-refractivity contribution in [2.24, 2.45) is 10.2 Å². The number of para-hydroxylation sites is 1. The third-order valence-corrected chi connectivity index (χ3v) is 3.61. The Bertz CT molecular complexity index is 1010. The highest BCUT2D eigenvalue weighted by molar-refractivity contribution is 5.98. The van der Waals surface area contributed by atoms with Crippen molar-refractivity contribution in [1.29, 1.82) is 0 Å². The normalized spacial score (nSPS) is 13.6. The molecule has 4 N–H and O–H groups in total. The number of anilines is 1. The summed E-state index contributed by atoms with van der Waals surface area (Å²) in [7, 11) is 0. The van der Waals surface area contributed by atoms with E-state index in [2.05, 4.69) is 15.2 Å². The van der Waals surface area contributed by atoms with Crippen LogP contribution in [0.25, 0.3) is 23.2 Å². The van der Waals surface area contributed by atoms with Crippen LogP contribution in [0.15, 0.2) is 46.6 Å². The molecule has 3 aromatic rings. The Balaban J connectivity index is 1.98. The summed E-state index contributed by atoms with van der Waals surface area (Å²) >= 11 is 0. The molecule has 21 heavy (non-hydrogen) atoms. The summed E-state index contributed by atoms with van der Waals surface area (Å²) in [6, 6.07) is 11.5. The smallest absolute Gasteiger partial charge is 0.196 e. The van der Waals surface area contributed by atoms with Crippen molar-refractivity contribution in [3.05, 3.63) is 52.4 Å². The lowest BCUT2D eigenvalue weighted by Gasteiger charge is -1.96. The number of azo groups is 1. The third-order valence-electron chi connectivity index (χ3n) is 3.61. The summed E-state index contributed by atoms with van der Waals surface area (Å²) in [6.07, 6.45) is 3.63. The van der Waals surface area contributed by atoms with E-state index >= 15 is 0 Å². The minimum atomic E-state index is 0.108. The second kappa shape index (κ2) is 4.21. The highest BCUT2D eigenvalue weighted by Crippen LogP contribution is 2.30. The largest absolute Gasteiger partial charge is 0.494 e. The first-order valence-electron chi connectivity index (χ1n) is 6.54. The molecule has 2 heterocycles. The van der Waals surface area contributed by atoms with Crippen molar-refractivity contribution >= 4 is 34.6 Å². The van der Waals surface area contributed by atoms with Gasteiger partial charge in [-0.2, -0.15) is 10.2 Å². The van der Waals surface area contributed by atoms with Gasteiger partial charge in [-0.3, -0.25) is 0 Å². The number of nitrogen functional groups attached to an aromatic ring is 1. The van der Waals surface area contributed by atoms with Gasteiger partial charge in [0, 0.05) is 16.2 Å². The summed E-state index contributed by atoms with van der Waals surface area (Å²) in [6.45, 7) is 0. The molecule has 0 amide bonds. The zero-order valence-electron chi connectivity index (χ0n) is 11.0. The number of aromatic hydroxyl groups is 1. The number of benzene rings is 2. The number of hydrogen-bond donors (Lipinski definition) is 3. The van der Waals surface area contributed by atoms with E-state index < -0.39 is 0 Å². The Labute approximate surface area is 119 Å². The minimum Gasteiger partial charge on any atom is -0.494 e. The standard InChI is InChI=1S/C16H12N4O/c17-13-3-1-2-11-12(16(21)19-15(11)13)6-9-4-5-10-8-18-20-14(10)7-9/h1-8,19,21H,17H2/b9-6+. The van der Waals surface area contributed by atoms with Crippen LogP contribution < -0.4 is 16.2 Å². The second-order valence-corrected chi connectivity index (χ2v) is 4.96. The number of hydrogen-bond acceptors (Lipinski definition) is 4. The lowest BCUT2D eigenvalue weighted by molar-refractivity contribution is 0.457. The number of H-pyrrole nitrogens is 1. The van der Waals surface area contributed by atoms with E-state index in [9.17, 15) is 5.11 Å². The van der Waals surface area contributed by atoms with Crippen LogP contribution in [0.4, 0.5) is 11.4 Å². The SMILES string of the molecule is Nc1cccc2c(/C=c3\ccc4c(c3)N=NC=4)c(O)[nH]c12. The van der Waals surface area contributed by atoms with Crippen LogP contribution in [0.3, 0.4) is 0 Å². The fourth-order valence-corrected chi connectivity index (χ4v) is 2.56. The van der Waals surface area contributed by atoms with Gasteiger partial charge in [0.1, 0.15) is 0 Å². The lowest BCUT2D eigenvalue weighted by Crippen LogP contribution is -2.06. The van der Waals surface area contributed by atoms with E-state index in [-0.39, 0.29) is 5.88 Å². The van der Waals surface area contributed by atoms with E-state index in [4.69, 9.17) is 5.73 Å². The minimum absolute atomic E-state index is 0.108. The fourth-order valence-electron chi connectivity index (χ4n) is 2.56. The molecule has 5 nitrogen and oxygen atoms in total. The number of nitrogens with zero attached hydrogens (tertiary/aromatic N) is 2. The van der Waals surface area contributed by atoms with Crippen molar-refractivity contribution in [2.75, 3.05) is 5.73 Å². The molecule has 0 saturated heterocycles. The Kier molecular flexibility index (Phi) is 2.35. The van der Waals surface area contributed by atoms with Crippen LogP contribution >= 0.6 is 0 Å². The summed E-state index contributed by atoms with van der Waals surface area (Å²) < 4.78 is 0. The van der Waals surface area contributed by atoms with Crippen LogP contribution in [-0.2, 0) is 0 Å². The molecule has 102 valence electrons. The van der Waals surface area contributed by atoms with Gasteiger partial charge in [0.15, 0.2) is 5.88 Å². The molecule has 0 fully saturated rings. The van der Waals surface area contributed by atoms with Gasteiger partial charge in [-0.1, -0.05) is 24.3 Å². The van der Waals surface area contributed by atoms with Gasteiger partial charge in [-0.05, 0) is 23.4 Å². The van der Waals surface area contributed by atoms with Gasteiger partial charge in [-0.25, -0.2) is 0 Å². The van der Waals surface area contributed by atoms with Gasteiger partial charge in [0.25, 0.3) is 0 Å². The quantitative estimate of drug-likeness (QED) is 0.594. The van der Waals surface area contributed by atoms with E-state index in [1.54, 1.807) is 12.3 Å². The Morgan fingerprint density at radius 2 is 2.10 bits per heavy atom. The molecule has 0 saturated carbocycles. The number of fused-ring (bicyclic) bond motifs is 2. The molecule has 1 aromatic heterocycles. The van der Waals surface area contributed by atoms with E-state index in [0.717, 1.165) is 32.6 Å². The van der Waals surface area contributed by atoms with Crippen LogP contribution in [0.1, 0.15) is 5.56 Å². The summed E-state index contributed by atoms with van der Waals surface area (Å²) in [4.78, 5) is 2.92. The van der Waals surface area contributed by atoms with Gasteiger partial charge >= 0.3 is 0 Å².